The molecule has 0 unspecified atom stereocenters. The van der Waals surface area contributed by atoms with Crippen LogP contribution >= 0.6 is 11.6 Å². The molecule has 0 amide bonds. The molecule has 0 bridgehead atoms. The first kappa shape index (κ1) is 28.3. The molecule has 210 valence electrons. The van der Waals surface area contributed by atoms with E-state index in [9.17, 15) is 5.26 Å². The molecule has 1 heterocycles. The number of aliphatic imine (C=N–C) groups is 1. The zero-order valence-corrected chi connectivity index (χ0v) is 24.0. The number of methoxy groups -OCH3 is 3. The van der Waals surface area contributed by atoms with Gasteiger partial charge < -0.3 is 23.4 Å². The van der Waals surface area contributed by atoms with E-state index in [1.165, 1.54) is 0 Å². The molecule has 4 aromatic carbocycles. The van der Waals surface area contributed by atoms with Crippen molar-refractivity contribution in [2.24, 2.45) is 4.99 Å². The lowest BCUT2D eigenvalue weighted by Crippen LogP contribution is -1.99. The van der Waals surface area contributed by atoms with E-state index in [0.717, 1.165) is 22.3 Å². The zero-order valence-electron chi connectivity index (χ0n) is 23.3. The summed E-state index contributed by atoms with van der Waals surface area (Å²) in [4.78, 5) is 4.58. The number of nitrogens with zero attached hydrogens (tertiary/aromatic N) is 2. The van der Waals surface area contributed by atoms with E-state index in [1.54, 1.807) is 39.7 Å². The third-order valence-electron chi connectivity index (χ3n) is 6.59. The molecule has 8 heteroatoms. The summed E-state index contributed by atoms with van der Waals surface area (Å²) >= 11 is 6.26. The molecule has 0 fully saturated rings. The zero-order chi connectivity index (χ0) is 29.5. The fraction of sp³-hybridized carbons (Fsp3) is 0.118. The van der Waals surface area contributed by atoms with E-state index >= 15 is 0 Å². The molecule has 5 aromatic rings. The van der Waals surface area contributed by atoms with Gasteiger partial charge in [0.05, 0.1) is 21.3 Å². The lowest BCUT2D eigenvalue weighted by molar-refractivity contribution is 0.284. The molecule has 0 aliphatic rings. The maximum absolute atomic E-state index is 10.2. The van der Waals surface area contributed by atoms with Gasteiger partial charge in [0.25, 0.3) is 0 Å². The van der Waals surface area contributed by atoms with E-state index < -0.39 is 0 Å². The van der Waals surface area contributed by atoms with Crippen molar-refractivity contribution in [3.8, 4) is 51.5 Å². The monoisotopic (exact) mass is 578 g/mol. The van der Waals surface area contributed by atoms with Gasteiger partial charge >= 0.3 is 0 Å². The summed E-state index contributed by atoms with van der Waals surface area (Å²) < 4.78 is 28.4. The van der Waals surface area contributed by atoms with Crippen LogP contribution in [0.3, 0.4) is 0 Å². The largest absolute Gasteiger partial charge is 0.497 e. The predicted octanol–water partition coefficient (Wildman–Crippen LogP) is 8.49. The number of furan rings is 1. The highest BCUT2D eigenvalue weighted by Gasteiger charge is 2.23. The third-order valence-corrected chi connectivity index (χ3v) is 6.96. The fourth-order valence-corrected chi connectivity index (χ4v) is 4.57. The minimum absolute atomic E-state index is 0.187. The Hall–Kier alpha value is -5.19. The molecule has 0 N–H and O–H groups in total. The Morgan fingerprint density at radius 1 is 0.810 bits per heavy atom. The number of hydrogen-bond donors (Lipinski definition) is 0. The van der Waals surface area contributed by atoms with Crippen LogP contribution in [-0.2, 0) is 6.61 Å². The molecule has 0 radical (unpaired) electrons. The Balaban J connectivity index is 1.49. The molecule has 1 aromatic heterocycles. The van der Waals surface area contributed by atoms with Crippen LogP contribution in [0.5, 0.6) is 23.0 Å². The molecule has 0 saturated heterocycles. The molecule has 0 spiro atoms. The van der Waals surface area contributed by atoms with Crippen LogP contribution in [0.1, 0.15) is 16.7 Å². The Labute approximate surface area is 249 Å². The van der Waals surface area contributed by atoms with E-state index in [-0.39, 0.29) is 5.88 Å². The van der Waals surface area contributed by atoms with Gasteiger partial charge in [-0.25, -0.2) is 4.99 Å². The Kier molecular flexibility index (Phi) is 8.76. The Morgan fingerprint density at radius 2 is 1.48 bits per heavy atom. The maximum atomic E-state index is 10.2. The number of ether oxygens (including phenoxy) is 4. The van der Waals surface area contributed by atoms with Crippen molar-refractivity contribution < 1.29 is 23.4 Å². The average molecular weight is 579 g/mol. The standard InChI is InChI=1S/C34H27ClN2O5/c1-38-26-13-9-23(10-14-26)32-28(19-36)34(42-33(32)24-11-15-27(39-2)16-12-24)37-20-22-8-17-30(31(18-22)40-3)41-21-25-6-4-5-7-29(25)35/h4-18,20H,21H2,1-3H3. The van der Waals surface area contributed by atoms with E-state index in [2.05, 4.69) is 11.1 Å². The summed E-state index contributed by atoms with van der Waals surface area (Å²) in [5, 5.41) is 10.9. The minimum atomic E-state index is 0.187. The quantitative estimate of drug-likeness (QED) is 0.154. The summed E-state index contributed by atoms with van der Waals surface area (Å²) in [6, 6.07) is 30.1. The van der Waals surface area contributed by atoms with Crippen LogP contribution in [0.2, 0.25) is 5.02 Å². The van der Waals surface area contributed by atoms with Crippen LogP contribution in [0.4, 0.5) is 5.88 Å². The Morgan fingerprint density at radius 3 is 2.10 bits per heavy atom. The van der Waals surface area contributed by atoms with Crippen LogP contribution in [0, 0.1) is 11.3 Å². The van der Waals surface area contributed by atoms with Crippen molar-refractivity contribution in [3.63, 3.8) is 0 Å². The van der Waals surface area contributed by atoms with Crippen LogP contribution < -0.4 is 18.9 Å². The lowest BCUT2D eigenvalue weighted by atomic mass is 9.98. The topological polar surface area (TPSA) is 86.2 Å². The molecule has 0 aliphatic heterocycles. The number of halogens is 1. The van der Waals surface area contributed by atoms with Crippen molar-refractivity contribution in [2.75, 3.05) is 21.3 Å². The first-order chi connectivity index (χ1) is 20.5. The van der Waals surface area contributed by atoms with Crippen LogP contribution in [0.15, 0.2) is 100 Å². The van der Waals surface area contributed by atoms with Gasteiger partial charge in [0, 0.05) is 27.9 Å². The summed E-state index contributed by atoms with van der Waals surface area (Å²) in [5.41, 5.74) is 4.13. The fourth-order valence-electron chi connectivity index (χ4n) is 4.38. The van der Waals surface area contributed by atoms with Gasteiger partial charge in [-0.3, -0.25) is 0 Å². The first-order valence-corrected chi connectivity index (χ1v) is 13.4. The van der Waals surface area contributed by atoms with Gasteiger partial charge in [0.2, 0.25) is 5.88 Å². The maximum Gasteiger partial charge on any atom is 0.238 e. The van der Waals surface area contributed by atoms with E-state index in [1.807, 2.05) is 78.9 Å². The molecule has 0 saturated carbocycles. The molecular formula is C34H27ClN2O5. The highest BCUT2D eigenvalue weighted by atomic mass is 35.5. The lowest BCUT2D eigenvalue weighted by Gasteiger charge is -2.12. The molecule has 42 heavy (non-hydrogen) atoms. The van der Waals surface area contributed by atoms with E-state index in [4.69, 9.17) is 35.0 Å². The Bertz CT molecular complexity index is 1750. The summed E-state index contributed by atoms with van der Waals surface area (Å²) in [6.45, 7) is 0.295. The van der Waals surface area contributed by atoms with Gasteiger partial charge in [0.1, 0.15) is 35.5 Å². The second-order valence-corrected chi connectivity index (χ2v) is 9.51. The SMILES string of the molecule is COc1ccc(-c2oc(N=Cc3ccc(OCc4ccccc4Cl)c(OC)c3)c(C#N)c2-c2ccc(OC)cc2)cc1. The average Bonchev–Trinajstić information content (AvgIpc) is 3.42. The highest BCUT2D eigenvalue weighted by molar-refractivity contribution is 6.31. The second kappa shape index (κ2) is 13.0. The minimum Gasteiger partial charge on any atom is -0.497 e. The molecule has 7 nitrogen and oxygen atoms in total. The smallest absolute Gasteiger partial charge is 0.238 e. The number of nitriles is 1. The molecule has 0 atom stereocenters. The van der Waals surface area contributed by atoms with Crippen molar-refractivity contribution in [1.82, 2.24) is 0 Å². The number of benzene rings is 4. The first-order valence-electron chi connectivity index (χ1n) is 13.0. The van der Waals surface area contributed by atoms with Crippen LogP contribution in [-0.4, -0.2) is 27.5 Å². The number of rotatable bonds is 10. The normalized spacial score (nSPS) is 10.8. The summed E-state index contributed by atoms with van der Waals surface area (Å²) in [6.07, 6.45) is 1.62. The summed E-state index contributed by atoms with van der Waals surface area (Å²) in [5.74, 6) is 3.22. The van der Waals surface area contributed by atoms with Gasteiger partial charge in [-0.15, -0.1) is 0 Å². The van der Waals surface area contributed by atoms with Gasteiger partial charge in [0.15, 0.2) is 11.5 Å². The van der Waals surface area contributed by atoms with Gasteiger partial charge in [-0.2, -0.15) is 5.26 Å². The van der Waals surface area contributed by atoms with E-state index in [0.29, 0.717) is 51.5 Å². The van der Waals surface area contributed by atoms with Crippen molar-refractivity contribution in [1.29, 1.82) is 5.26 Å². The van der Waals surface area contributed by atoms with Crippen molar-refractivity contribution in [2.45, 2.75) is 6.61 Å². The number of hydrogen-bond acceptors (Lipinski definition) is 7. The van der Waals surface area contributed by atoms with Crippen molar-refractivity contribution in [3.05, 3.63) is 113 Å². The summed E-state index contributed by atoms with van der Waals surface area (Å²) in [7, 11) is 4.79. The van der Waals surface area contributed by atoms with Gasteiger partial charge in [-0.05, 0) is 71.8 Å². The molecular weight excluding hydrogens is 552 g/mol. The van der Waals surface area contributed by atoms with Crippen LogP contribution in [0.25, 0.3) is 22.5 Å². The molecule has 0 aliphatic carbocycles. The predicted molar refractivity (Wildman–Crippen MR) is 163 cm³/mol. The third kappa shape index (κ3) is 6.09. The second-order valence-electron chi connectivity index (χ2n) is 9.10. The van der Waals surface area contributed by atoms with Gasteiger partial charge in [-0.1, -0.05) is 41.9 Å². The molecule has 5 rings (SSSR count). The highest BCUT2D eigenvalue weighted by Crippen LogP contribution is 2.43. The van der Waals surface area contributed by atoms with Crippen molar-refractivity contribution >= 4 is 23.7 Å².